The Morgan fingerprint density at radius 1 is 1.43 bits per heavy atom. The van der Waals surface area contributed by atoms with Gasteiger partial charge in [-0.1, -0.05) is 17.7 Å². The third kappa shape index (κ3) is 1.29. The molecular formula is C9H5ClN2O2. The van der Waals surface area contributed by atoms with Gasteiger partial charge in [0.05, 0.1) is 22.3 Å². The maximum Gasteiger partial charge on any atom is 0.338 e. The Hall–Kier alpha value is -1.68. The Kier molecular flexibility index (Phi) is 2.05. The van der Waals surface area contributed by atoms with Crippen LogP contribution in [0.2, 0.25) is 5.02 Å². The summed E-state index contributed by atoms with van der Waals surface area (Å²) in [6.45, 7) is 0. The molecule has 2 rings (SSSR count). The van der Waals surface area contributed by atoms with E-state index >= 15 is 0 Å². The highest BCUT2D eigenvalue weighted by atomic mass is 35.5. The number of carboxylic acids is 1. The van der Waals surface area contributed by atoms with Gasteiger partial charge in [0, 0.05) is 5.39 Å². The zero-order valence-corrected chi connectivity index (χ0v) is 7.69. The second-order valence-corrected chi connectivity index (χ2v) is 3.10. The van der Waals surface area contributed by atoms with Crippen LogP contribution in [-0.2, 0) is 0 Å². The summed E-state index contributed by atoms with van der Waals surface area (Å²) in [5, 5.41) is 17.1. The van der Waals surface area contributed by atoms with Crippen LogP contribution in [0, 0.1) is 0 Å². The van der Waals surface area contributed by atoms with Gasteiger partial charge in [-0.3, -0.25) is 0 Å². The molecule has 0 radical (unpaired) electrons. The molecule has 0 aliphatic rings. The minimum Gasteiger partial charge on any atom is -0.478 e. The minimum atomic E-state index is -1.06. The van der Waals surface area contributed by atoms with E-state index in [1.165, 1.54) is 6.20 Å². The van der Waals surface area contributed by atoms with Crippen LogP contribution in [0.1, 0.15) is 10.4 Å². The molecule has 70 valence electrons. The lowest BCUT2D eigenvalue weighted by atomic mass is 10.1. The SMILES string of the molecule is O=C(O)c1cnnc2cccc(Cl)c12. The Morgan fingerprint density at radius 2 is 2.21 bits per heavy atom. The highest BCUT2D eigenvalue weighted by Gasteiger charge is 2.11. The quantitative estimate of drug-likeness (QED) is 0.779. The Morgan fingerprint density at radius 3 is 2.93 bits per heavy atom. The van der Waals surface area contributed by atoms with Crippen LogP contribution in [-0.4, -0.2) is 21.3 Å². The first kappa shape index (κ1) is 8.90. The van der Waals surface area contributed by atoms with E-state index in [0.717, 1.165) is 0 Å². The second kappa shape index (κ2) is 3.23. The number of hydrogen-bond donors (Lipinski definition) is 1. The predicted octanol–water partition coefficient (Wildman–Crippen LogP) is 1.98. The van der Waals surface area contributed by atoms with E-state index < -0.39 is 5.97 Å². The molecule has 0 aliphatic carbocycles. The van der Waals surface area contributed by atoms with Crippen molar-refractivity contribution in [2.24, 2.45) is 0 Å². The predicted molar refractivity (Wildman–Crippen MR) is 51.5 cm³/mol. The standard InChI is InChI=1S/C9H5ClN2O2/c10-6-2-1-3-7-8(6)5(9(13)14)4-11-12-7/h1-4H,(H,13,14). The van der Waals surface area contributed by atoms with Crippen molar-refractivity contribution in [3.05, 3.63) is 35.0 Å². The average molecular weight is 209 g/mol. The first-order valence-electron chi connectivity index (χ1n) is 3.83. The van der Waals surface area contributed by atoms with Gasteiger partial charge in [-0.05, 0) is 12.1 Å². The lowest BCUT2D eigenvalue weighted by Crippen LogP contribution is -2.00. The Balaban J connectivity index is 2.91. The molecule has 0 saturated carbocycles. The molecule has 0 bridgehead atoms. The number of aromatic carboxylic acids is 1. The van der Waals surface area contributed by atoms with Crippen LogP contribution in [0.15, 0.2) is 24.4 Å². The van der Waals surface area contributed by atoms with Crippen LogP contribution in [0.5, 0.6) is 0 Å². The van der Waals surface area contributed by atoms with E-state index in [-0.39, 0.29) is 5.56 Å². The molecule has 1 heterocycles. The molecule has 4 nitrogen and oxygen atoms in total. The first-order valence-corrected chi connectivity index (χ1v) is 4.21. The topological polar surface area (TPSA) is 63.1 Å². The van der Waals surface area contributed by atoms with E-state index in [0.29, 0.717) is 15.9 Å². The highest BCUT2D eigenvalue weighted by Crippen LogP contribution is 2.24. The van der Waals surface area contributed by atoms with Crippen LogP contribution >= 0.6 is 11.6 Å². The van der Waals surface area contributed by atoms with Crippen molar-refractivity contribution < 1.29 is 9.90 Å². The van der Waals surface area contributed by atoms with Crippen molar-refractivity contribution in [3.8, 4) is 0 Å². The molecule has 0 spiro atoms. The molecular weight excluding hydrogens is 204 g/mol. The summed E-state index contributed by atoms with van der Waals surface area (Å²) in [5.41, 5.74) is 0.554. The van der Waals surface area contributed by atoms with Crippen molar-refractivity contribution in [3.63, 3.8) is 0 Å². The monoisotopic (exact) mass is 208 g/mol. The lowest BCUT2D eigenvalue weighted by molar-refractivity contribution is 0.0698. The van der Waals surface area contributed by atoms with Crippen molar-refractivity contribution in [1.29, 1.82) is 0 Å². The minimum absolute atomic E-state index is 0.0700. The lowest BCUT2D eigenvalue weighted by Gasteiger charge is -2.01. The summed E-state index contributed by atoms with van der Waals surface area (Å²) < 4.78 is 0. The summed E-state index contributed by atoms with van der Waals surface area (Å²) >= 11 is 5.88. The molecule has 14 heavy (non-hydrogen) atoms. The van der Waals surface area contributed by atoms with Gasteiger partial charge in [0.15, 0.2) is 0 Å². The van der Waals surface area contributed by atoms with Crippen LogP contribution in [0.4, 0.5) is 0 Å². The summed E-state index contributed by atoms with van der Waals surface area (Å²) in [6.07, 6.45) is 1.19. The van der Waals surface area contributed by atoms with Crippen molar-refractivity contribution >= 4 is 28.5 Å². The molecule has 2 aromatic rings. The molecule has 0 fully saturated rings. The van der Waals surface area contributed by atoms with E-state index in [1.54, 1.807) is 18.2 Å². The third-order valence-electron chi connectivity index (χ3n) is 1.84. The summed E-state index contributed by atoms with van der Waals surface area (Å²) in [4.78, 5) is 10.8. The highest BCUT2D eigenvalue weighted by molar-refractivity contribution is 6.36. The summed E-state index contributed by atoms with van der Waals surface area (Å²) in [5.74, 6) is -1.06. The average Bonchev–Trinajstić information content (AvgIpc) is 2.17. The number of fused-ring (bicyclic) bond motifs is 1. The number of hydrogen-bond acceptors (Lipinski definition) is 3. The van der Waals surface area contributed by atoms with Gasteiger partial charge in [0.2, 0.25) is 0 Å². The van der Waals surface area contributed by atoms with Gasteiger partial charge in [-0.15, -0.1) is 0 Å². The smallest absolute Gasteiger partial charge is 0.338 e. The number of rotatable bonds is 1. The summed E-state index contributed by atoms with van der Waals surface area (Å²) in [7, 11) is 0. The van der Waals surface area contributed by atoms with Gasteiger partial charge in [-0.25, -0.2) is 4.79 Å². The van der Waals surface area contributed by atoms with Crippen LogP contribution in [0.3, 0.4) is 0 Å². The van der Waals surface area contributed by atoms with Gasteiger partial charge in [0.1, 0.15) is 0 Å². The fraction of sp³-hybridized carbons (Fsp3) is 0. The number of carbonyl (C=O) groups is 1. The number of carboxylic acid groups (broad SMARTS) is 1. The zero-order valence-electron chi connectivity index (χ0n) is 6.94. The van der Waals surface area contributed by atoms with Crippen molar-refractivity contribution in [2.45, 2.75) is 0 Å². The van der Waals surface area contributed by atoms with Gasteiger partial charge in [-0.2, -0.15) is 10.2 Å². The zero-order chi connectivity index (χ0) is 10.1. The van der Waals surface area contributed by atoms with E-state index in [1.807, 2.05) is 0 Å². The van der Waals surface area contributed by atoms with Gasteiger partial charge in [0.25, 0.3) is 0 Å². The van der Waals surface area contributed by atoms with E-state index in [4.69, 9.17) is 16.7 Å². The fourth-order valence-electron chi connectivity index (χ4n) is 1.24. The Labute approximate surface area is 84.1 Å². The van der Waals surface area contributed by atoms with E-state index in [2.05, 4.69) is 10.2 Å². The summed E-state index contributed by atoms with van der Waals surface area (Å²) in [6, 6.07) is 4.99. The Bertz CT molecular complexity index is 508. The van der Waals surface area contributed by atoms with Crippen LogP contribution in [0.25, 0.3) is 10.9 Å². The fourth-order valence-corrected chi connectivity index (χ4v) is 1.51. The van der Waals surface area contributed by atoms with Gasteiger partial charge >= 0.3 is 5.97 Å². The molecule has 1 N–H and O–H groups in total. The molecule has 0 aliphatic heterocycles. The maximum atomic E-state index is 10.8. The molecule has 0 amide bonds. The molecule has 0 saturated heterocycles. The number of nitrogens with zero attached hydrogens (tertiary/aromatic N) is 2. The number of benzene rings is 1. The second-order valence-electron chi connectivity index (χ2n) is 2.70. The normalized spacial score (nSPS) is 10.4. The van der Waals surface area contributed by atoms with Gasteiger partial charge < -0.3 is 5.11 Å². The first-order chi connectivity index (χ1) is 6.70. The van der Waals surface area contributed by atoms with Crippen LogP contribution < -0.4 is 0 Å². The molecule has 5 heteroatoms. The largest absolute Gasteiger partial charge is 0.478 e. The molecule has 1 aromatic carbocycles. The molecule has 0 atom stereocenters. The number of aromatic nitrogens is 2. The van der Waals surface area contributed by atoms with Crippen molar-refractivity contribution in [1.82, 2.24) is 10.2 Å². The van der Waals surface area contributed by atoms with E-state index in [9.17, 15) is 4.79 Å². The maximum absolute atomic E-state index is 10.8. The third-order valence-corrected chi connectivity index (χ3v) is 2.16. The van der Waals surface area contributed by atoms with Crippen molar-refractivity contribution in [2.75, 3.05) is 0 Å². The molecule has 1 aromatic heterocycles. The molecule has 0 unspecified atom stereocenters. The number of halogens is 1.